The van der Waals surface area contributed by atoms with Crippen molar-refractivity contribution in [2.75, 3.05) is 0 Å². The van der Waals surface area contributed by atoms with Crippen LogP contribution in [0.25, 0.3) is 99.1 Å². The first-order valence-electron chi connectivity index (χ1n) is 21.5. The first-order chi connectivity index (χ1) is 29.7. The van der Waals surface area contributed by atoms with Gasteiger partial charge in [0.25, 0.3) is 0 Å². The second-order valence-electron chi connectivity index (χ2n) is 13.6. The molecule has 0 atom stereocenters. The van der Waals surface area contributed by atoms with E-state index in [2.05, 4.69) is 71.3 Å². The molecule has 252 valence electrons. The molecule has 0 aliphatic heterocycles. The molecule has 0 spiro atoms. The molecule has 2 nitrogen and oxygen atoms in total. The summed E-state index contributed by atoms with van der Waals surface area (Å²) in [5, 5.41) is 4.16. The van der Waals surface area contributed by atoms with Crippen molar-refractivity contribution >= 4 is 54.4 Å². The van der Waals surface area contributed by atoms with Gasteiger partial charge in [0.05, 0.1) is 31.7 Å². The minimum absolute atomic E-state index is 0.0755. The quantitative estimate of drug-likeness (QED) is 0.170. The zero-order valence-corrected chi connectivity index (χ0v) is 29.0. The molecular formula is C52H34N2. The van der Waals surface area contributed by atoms with E-state index in [0.717, 1.165) is 60.5 Å². The van der Waals surface area contributed by atoms with Crippen LogP contribution in [0.3, 0.4) is 0 Å². The molecule has 0 radical (unpaired) electrons. The molecule has 9 aromatic carbocycles. The lowest BCUT2D eigenvalue weighted by molar-refractivity contribution is 1.18. The Bertz CT molecular complexity index is 3590. The maximum atomic E-state index is 9.90. The molecule has 54 heavy (non-hydrogen) atoms. The largest absolute Gasteiger partial charge is 0.309 e. The fraction of sp³-hybridized carbons (Fsp3) is 0. The predicted molar refractivity (Wildman–Crippen MR) is 229 cm³/mol. The Morgan fingerprint density at radius 3 is 1.85 bits per heavy atom. The lowest BCUT2D eigenvalue weighted by Gasteiger charge is -2.11. The second kappa shape index (κ2) is 12.2. The Balaban J connectivity index is 1.20. The van der Waals surface area contributed by atoms with Gasteiger partial charge < -0.3 is 9.13 Å². The summed E-state index contributed by atoms with van der Waals surface area (Å²) in [6.45, 7) is 0. The van der Waals surface area contributed by atoms with Gasteiger partial charge in [-0.25, -0.2) is 0 Å². The van der Waals surface area contributed by atoms with Crippen LogP contribution in [0.15, 0.2) is 206 Å². The van der Waals surface area contributed by atoms with Crippen molar-refractivity contribution in [3.8, 4) is 44.8 Å². The summed E-state index contributed by atoms with van der Waals surface area (Å²) in [5.41, 5.74) is 8.93. The Kier molecular flexibility index (Phi) is 5.47. The number of rotatable bonds is 5. The highest BCUT2D eigenvalue weighted by molar-refractivity contribution is 6.17. The molecule has 2 aromatic heterocycles. The summed E-state index contributed by atoms with van der Waals surface area (Å²) in [6.07, 6.45) is 0. The van der Waals surface area contributed by atoms with Crippen LogP contribution in [0.4, 0.5) is 0 Å². The molecule has 0 fully saturated rings. The predicted octanol–water partition coefficient (Wildman–Crippen LogP) is 14.0. The number of hydrogen-bond donors (Lipinski definition) is 0. The minimum atomic E-state index is -0.419. The van der Waals surface area contributed by atoms with Gasteiger partial charge >= 0.3 is 0 Å². The average molecular weight is 694 g/mol. The molecule has 11 aromatic rings. The lowest BCUT2D eigenvalue weighted by Crippen LogP contribution is -1.94. The molecule has 0 saturated heterocycles. The third-order valence-electron chi connectivity index (χ3n) is 10.5. The first kappa shape index (κ1) is 24.2. The number of benzene rings is 9. The van der Waals surface area contributed by atoms with Crippen molar-refractivity contribution < 1.29 is 9.60 Å². The van der Waals surface area contributed by atoms with Crippen LogP contribution in [-0.4, -0.2) is 9.13 Å². The highest BCUT2D eigenvalue weighted by atomic mass is 15.0. The van der Waals surface area contributed by atoms with Crippen molar-refractivity contribution in [3.63, 3.8) is 0 Å². The van der Waals surface area contributed by atoms with Crippen LogP contribution in [0.2, 0.25) is 0 Å². The number of aromatic nitrogens is 2. The smallest absolute Gasteiger partial charge is 0.0645 e. The van der Waals surface area contributed by atoms with Crippen LogP contribution >= 0.6 is 0 Å². The fourth-order valence-corrected chi connectivity index (χ4v) is 8.03. The summed E-state index contributed by atoms with van der Waals surface area (Å²) >= 11 is 0. The van der Waals surface area contributed by atoms with E-state index < -0.39 is 12.1 Å². The van der Waals surface area contributed by atoms with Gasteiger partial charge in [-0.05, 0) is 105 Å². The molecule has 0 bridgehead atoms. The number of nitrogens with zero attached hydrogens (tertiary/aromatic N) is 2. The van der Waals surface area contributed by atoms with Crippen LogP contribution in [-0.2, 0) is 0 Å². The normalized spacial score (nSPS) is 13.5. The summed E-state index contributed by atoms with van der Waals surface area (Å²) < 4.78 is 68.6. The van der Waals surface area contributed by atoms with Gasteiger partial charge in [-0.2, -0.15) is 0 Å². The van der Waals surface area contributed by atoms with E-state index in [1.54, 1.807) is 4.57 Å². The van der Waals surface area contributed by atoms with E-state index >= 15 is 0 Å². The summed E-state index contributed by atoms with van der Waals surface area (Å²) in [4.78, 5) is 0. The van der Waals surface area contributed by atoms with E-state index in [1.807, 2.05) is 97.1 Å². The topological polar surface area (TPSA) is 9.86 Å². The molecular weight excluding hydrogens is 653 g/mol. The standard InChI is InChI=1S/C52H34N2/c1-3-12-35(13-4-1)37-22-27-42(28-23-37)53-50-31-26-41(34-47(50)52-44(19-11-21-51(52)53)38-15-5-2-6-16-38)40-25-30-49-46(33-40)45-18-9-10-20-48(45)54(49)43-29-24-36-14-7-8-17-39(36)32-43/h1-34H/i9D,10D,18D,20D,25D,30D,33D. The lowest BCUT2D eigenvalue weighted by atomic mass is 9.97. The second-order valence-corrected chi connectivity index (χ2v) is 13.6. The molecule has 0 unspecified atom stereocenters. The monoisotopic (exact) mass is 693 g/mol. The van der Waals surface area contributed by atoms with Crippen LogP contribution in [0, 0.1) is 0 Å². The van der Waals surface area contributed by atoms with Gasteiger partial charge in [0.2, 0.25) is 0 Å². The van der Waals surface area contributed by atoms with Crippen LogP contribution in [0.5, 0.6) is 0 Å². The molecule has 0 N–H and O–H groups in total. The minimum Gasteiger partial charge on any atom is -0.309 e. The van der Waals surface area contributed by atoms with Crippen molar-refractivity contribution in [1.29, 1.82) is 0 Å². The van der Waals surface area contributed by atoms with Crippen molar-refractivity contribution in [1.82, 2.24) is 9.13 Å². The molecule has 0 amide bonds. The Morgan fingerprint density at radius 1 is 0.352 bits per heavy atom. The average Bonchev–Trinajstić information content (AvgIpc) is 3.84. The van der Waals surface area contributed by atoms with Crippen molar-refractivity contribution in [2.45, 2.75) is 0 Å². The van der Waals surface area contributed by atoms with Gasteiger partial charge in [0, 0.05) is 32.9 Å². The maximum absolute atomic E-state index is 9.90. The highest BCUT2D eigenvalue weighted by Gasteiger charge is 2.18. The number of fused-ring (bicyclic) bond motifs is 7. The molecule has 11 rings (SSSR count). The van der Waals surface area contributed by atoms with Gasteiger partial charge in [-0.3, -0.25) is 0 Å². The van der Waals surface area contributed by atoms with Gasteiger partial charge in [0.1, 0.15) is 0 Å². The SMILES string of the molecule is [2H]c1c([2H])c([2H])c2c(c1[2H])c1c([2H])c(-c3ccc4c(c3)c3c(-c5ccccc5)cccc3n4-c3ccc(-c4ccccc4)cc3)c([2H])c([2H])c1n2-c1ccc2ccccc2c1. The van der Waals surface area contributed by atoms with E-state index in [-0.39, 0.29) is 57.6 Å². The van der Waals surface area contributed by atoms with E-state index in [9.17, 15) is 4.11 Å². The Hall–Kier alpha value is -7.16. The third-order valence-corrected chi connectivity index (χ3v) is 10.5. The molecule has 2 heterocycles. The zero-order valence-electron chi connectivity index (χ0n) is 36.0. The summed E-state index contributed by atoms with van der Waals surface area (Å²) in [5.74, 6) is 0. The van der Waals surface area contributed by atoms with E-state index in [1.165, 1.54) is 0 Å². The Morgan fingerprint density at radius 2 is 1.02 bits per heavy atom. The summed E-state index contributed by atoms with van der Waals surface area (Å²) in [7, 11) is 0. The highest BCUT2D eigenvalue weighted by Crippen LogP contribution is 2.42. The number of hydrogen-bond acceptors (Lipinski definition) is 0. The van der Waals surface area contributed by atoms with E-state index in [0.29, 0.717) is 11.3 Å². The first-order valence-corrected chi connectivity index (χ1v) is 18.0. The number of para-hydroxylation sites is 1. The molecule has 2 heteroatoms. The van der Waals surface area contributed by atoms with Gasteiger partial charge in [-0.1, -0.05) is 145 Å². The summed E-state index contributed by atoms with van der Waals surface area (Å²) in [6, 6.07) is 52.9. The van der Waals surface area contributed by atoms with E-state index in [4.69, 9.17) is 5.48 Å². The van der Waals surface area contributed by atoms with Gasteiger partial charge in [0.15, 0.2) is 0 Å². The van der Waals surface area contributed by atoms with Crippen LogP contribution in [0.1, 0.15) is 9.60 Å². The van der Waals surface area contributed by atoms with Crippen molar-refractivity contribution in [3.05, 3.63) is 206 Å². The third kappa shape index (κ3) is 4.81. The molecule has 0 saturated carbocycles. The molecule has 0 aliphatic rings. The molecule has 0 aliphatic carbocycles. The zero-order chi connectivity index (χ0) is 41.7. The van der Waals surface area contributed by atoms with Gasteiger partial charge in [-0.15, -0.1) is 0 Å². The van der Waals surface area contributed by atoms with Crippen molar-refractivity contribution in [2.24, 2.45) is 0 Å². The Labute approximate surface area is 323 Å². The maximum Gasteiger partial charge on any atom is 0.0645 e. The fourth-order valence-electron chi connectivity index (χ4n) is 8.03. The van der Waals surface area contributed by atoms with Crippen LogP contribution < -0.4 is 0 Å².